The van der Waals surface area contributed by atoms with Gasteiger partial charge in [0.15, 0.2) is 0 Å². The number of benzene rings is 1. The fraction of sp³-hybridized carbons (Fsp3) is 0.368. The summed E-state index contributed by atoms with van der Waals surface area (Å²) in [6.07, 6.45) is 2.41. The molecule has 2 aromatic rings. The molecule has 3 rings (SSSR count). The number of hydrogen-bond acceptors (Lipinski definition) is 6. The van der Waals surface area contributed by atoms with Gasteiger partial charge in [-0.1, -0.05) is 12.1 Å². The highest BCUT2D eigenvalue weighted by Gasteiger charge is 2.19. The quantitative estimate of drug-likeness (QED) is 0.781. The maximum atomic E-state index is 12.7. The van der Waals surface area contributed by atoms with Crippen LogP contribution in [0.2, 0.25) is 0 Å². The zero-order chi connectivity index (χ0) is 19.2. The van der Waals surface area contributed by atoms with Crippen molar-refractivity contribution in [2.75, 3.05) is 36.4 Å². The summed E-state index contributed by atoms with van der Waals surface area (Å²) in [6, 6.07) is 8.87. The minimum Gasteiger partial charge on any atom is -0.489 e. The molecule has 0 saturated carbocycles. The molecule has 1 aliphatic heterocycles. The summed E-state index contributed by atoms with van der Waals surface area (Å²) >= 11 is 0. The van der Waals surface area contributed by atoms with Gasteiger partial charge in [-0.05, 0) is 32.0 Å². The van der Waals surface area contributed by atoms with Crippen molar-refractivity contribution in [2.45, 2.75) is 20.0 Å². The highest BCUT2D eigenvalue weighted by atomic mass is 16.5. The van der Waals surface area contributed by atoms with Gasteiger partial charge < -0.3 is 19.9 Å². The third-order valence-electron chi connectivity index (χ3n) is 4.12. The Morgan fingerprint density at radius 3 is 2.63 bits per heavy atom. The van der Waals surface area contributed by atoms with Crippen molar-refractivity contribution in [1.29, 1.82) is 0 Å². The van der Waals surface area contributed by atoms with Crippen LogP contribution in [0.1, 0.15) is 24.3 Å². The minimum absolute atomic E-state index is 0.00117. The molecule has 1 saturated heterocycles. The number of rotatable bonds is 6. The van der Waals surface area contributed by atoms with Crippen molar-refractivity contribution >= 4 is 24.0 Å². The minimum atomic E-state index is -0.329. The van der Waals surface area contributed by atoms with E-state index in [1.54, 1.807) is 23.2 Å². The van der Waals surface area contributed by atoms with Crippen LogP contribution in [-0.2, 0) is 4.79 Å². The second-order valence-corrected chi connectivity index (χ2v) is 6.49. The number of carbonyl (C=O) groups is 2. The van der Waals surface area contributed by atoms with Crippen LogP contribution in [0.3, 0.4) is 0 Å². The number of ether oxygens (including phenoxy) is 1. The number of amides is 2. The molecule has 0 radical (unpaired) electrons. The van der Waals surface area contributed by atoms with Crippen LogP contribution in [0, 0.1) is 0 Å². The normalized spacial score (nSPS) is 14.2. The van der Waals surface area contributed by atoms with Gasteiger partial charge in [0.05, 0.1) is 11.8 Å². The SMILES string of the molecule is CC(C)Oc1ccccc1NC(=O)c1ccnc(N2CCN(C=O)CC2)n1. The van der Waals surface area contributed by atoms with Crippen LogP contribution >= 0.6 is 0 Å². The van der Waals surface area contributed by atoms with Gasteiger partial charge in [-0.3, -0.25) is 9.59 Å². The first-order valence-electron chi connectivity index (χ1n) is 8.91. The standard InChI is InChI=1S/C19H23N5O3/c1-14(2)27-17-6-4-3-5-15(17)21-18(26)16-7-8-20-19(22-16)24-11-9-23(13-25)10-12-24/h3-8,13-14H,9-12H2,1-2H3,(H,21,26). The van der Waals surface area contributed by atoms with Gasteiger partial charge in [-0.25, -0.2) is 9.97 Å². The Labute approximate surface area is 158 Å². The van der Waals surface area contributed by atoms with E-state index in [1.165, 1.54) is 0 Å². The Bertz CT molecular complexity index is 803. The molecule has 1 N–H and O–H groups in total. The van der Waals surface area contributed by atoms with Crippen molar-refractivity contribution in [1.82, 2.24) is 14.9 Å². The van der Waals surface area contributed by atoms with Crippen LogP contribution in [0.25, 0.3) is 0 Å². The summed E-state index contributed by atoms with van der Waals surface area (Å²) in [7, 11) is 0. The topological polar surface area (TPSA) is 87.7 Å². The maximum Gasteiger partial charge on any atom is 0.274 e. The van der Waals surface area contributed by atoms with Crippen molar-refractivity contribution in [3.05, 3.63) is 42.2 Å². The second kappa shape index (κ2) is 8.48. The van der Waals surface area contributed by atoms with Gasteiger partial charge in [0.25, 0.3) is 5.91 Å². The van der Waals surface area contributed by atoms with E-state index >= 15 is 0 Å². The summed E-state index contributed by atoms with van der Waals surface area (Å²) in [5.41, 5.74) is 0.869. The maximum absolute atomic E-state index is 12.7. The summed E-state index contributed by atoms with van der Waals surface area (Å²) in [5, 5.41) is 2.85. The first kappa shape index (κ1) is 18.6. The first-order valence-corrected chi connectivity index (χ1v) is 8.91. The van der Waals surface area contributed by atoms with Gasteiger partial charge in [0, 0.05) is 32.4 Å². The lowest BCUT2D eigenvalue weighted by Gasteiger charge is -2.32. The Kier molecular flexibility index (Phi) is 5.85. The van der Waals surface area contributed by atoms with Gasteiger partial charge in [-0.15, -0.1) is 0 Å². The Morgan fingerprint density at radius 1 is 1.19 bits per heavy atom. The first-order chi connectivity index (χ1) is 13.1. The Hall–Kier alpha value is -3.16. The smallest absolute Gasteiger partial charge is 0.274 e. The fourth-order valence-electron chi connectivity index (χ4n) is 2.77. The zero-order valence-electron chi connectivity index (χ0n) is 15.5. The molecular formula is C19H23N5O3. The van der Waals surface area contributed by atoms with E-state index in [2.05, 4.69) is 15.3 Å². The molecule has 2 amide bonds. The van der Waals surface area contributed by atoms with Crippen molar-refractivity contribution in [3.8, 4) is 5.75 Å². The number of hydrogen-bond donors (Lipinski definition) is 1. The van der Waals surface area contributed by atoms with E-state index in [0.29, 0.717) is 43.6 Å². The zero-order valence-corrected chi connectivity index (χ0v) is 15.5. The number of para-hydroxylation sites is 2. The molecule has 27 heavy (non-hydrogen) atoms. The number of aromatic nitrogens is 2. The highest BCUT2D eigenvalue weighted by molar-refractivity contribution is 6.03. The number of piperazine rings is 1. The third kappa shape index (κ3) is 4.72. The van der Waals surface area contributed by atoms with E-state index in [-0.39, 0.29) is 17.7 Å². The van der Waals surface area contributed by atoms with E-state index < -0.39 is 0 Å². The molecule has 1 fully saturated rings. The van der Waals surface area contributed by atoms with E-state index in [9.17, 15) is 9.59 Å². The summed E-state index contributed by atoms with van der Waals surface area (Å²) in [5.74, 6) is 0.769. The molecule has 0 unspecified atom stereocenters. The van der Waals surface area contributed by atoms with Gasteiger partial charge in [0.1, 0.15) is 11.4 Å². The van der Waals surface area contributed by atoms with Crippen molar-refractivity contribution in [2.24, 2.45) is 0 Å². The Morgan fingerprint density at radius 2 is 1.93 bits per heavy atom. The average Bonchev–Trinajstić information content (AvgIpc) is 2.69. The molecule has 1 aromatic carbocycles. The molecular weight excluding hydrogens is 346 g/mol. The summed E-state index contributed by atoms with van der Waals surface area (Å²) < 4.78 is 5.73. The van der Waals surface area contributed by atoms with Gasteiger partial charge >= 0.3 is 0 Å². The Balaban J connectivity index is 1.72. The van der Waals surface area contributed by atoms with Gasteiger partial charge in [0.2, 0.25) is 12.4 Å². The van der Waals surface area contributed by atoms with Crippen LogP contribution in [0.5, 0.6) is 5.75 Å². The number of nitrogens with zero attached hydrogens (tertiary/aromatic N) is 4. The predicted molar refractivity (Wildman–Crippen MR) is 102 cm³/mol. The molecule has 0 spiro atoms. The lowest BCUT2D eigenvalue weighted by molar-refractivity contribution is -0.118. The molecule has 8 heteroatoms. The summed E-state index contributed by atoms with van der Waals surface area (Å²) in [4.78, 5) is 35.8. The molecule has 1 aliphatic rings. The average molecular weight is 369 g/mol. The molecule has 0 atom stereocenters. The fourth-order valence-corrected chi connectivity index (χ4v) is 2.77. The lowest BCUT2D eigenvalue weighted by atomic mass is 10.2. The number of nitrogens with one attached hydrogen (secondary N) is 1. The van der Waals surface area contributed by atoms with E-state index in [0.717, 1.165) is 6.41 Å². The monoisotopic (exact) mass is 369 g/mol. The predicted octanol–water partition coefficient (Wildman–Crippen LogP) is 1.79. The van der Waals surface area contributed by atoms with Crippen LogP contribution in [-0.4, -0.2) is 59.5 Å². The van der Waals surface area contributed by atoms with Crippen LogP contribution < -0.4 is 15.0 Å². The summed E-state index contributed by atoms with van der Waals surface area (Å²) in [6.45, 7) is 6.36. The lowest BCUT2D eigenvalue weighted by Crippen LogP contribution is -2.46. The van der Waals surface area contributed by atoms with Crippen LogP contribution in [0.4, 0.5) is 11.6 Å². The van der Waals surface area contributed by atoms with Crippen molar-refractivity contribution in [3.63, 3.8) is 0 Å². The van der Waals surface area contributed by atoms with Crippen LogP contribution in [0.15, 0.2) is 36.5 Å². The molecule has 142 valence electrons. The number of carbonyl (C=O) groups excluding carboxylic acids is 2. The van der Waals surface area contributed by atoms with Crippen molar-refractivity contribution < 1.29 is 14.3 Å². The van der Waals surface area contributed by atoms with Gasteiger partial charge in [-0.2, -0.15) is 0 Å². The second-order valence-electron chi connectivity index (χ2n) is 6.49. The van der Waals surface area contributed by atoms with E-state index in [1.807, 2.05) is 36.9 Å². The molecule has 0 bridgehead atoms. The van der Waals surface area contributed by atoms with E-state index in [4.69, 9.17) is 4.74 Å². The number of anilines is 2. The molecule has 1 aromatic heterocycles. The molecule has 8 nitrogen and oxygen atoms in total. The molecule has 2 heterocycles. The third-order valence-corrected chi connectivity index (χ3v) is 4.12. The highest BCUT2D eigenvalue weighted by Crippen LogP contribution is 2.25. The molecule has 0 aliphatic carbocycles. The largest absolute Gasteiger partial charge is 0.489 e.